The molecule has 0 aromatic rings. The molecule has 0 bridgehead atoms. The minimum atomic E-state index is -0.590. The first-order chi connectivity index (χ1) is 9.49. The van der Waals surface area contributed by atoms with Gasteiger partial charge in [-0.25, -0.2) is 0 Å². The fraction of sp³-hybridized carbons (Fsp3) is 0.933. The normalized spacial score (nSPS) is 22.2. The van der Waals surface area contributed by atoms with Crippen molar-refractivity contribution in [2.75, 3.05) is 46.3 Å². The topological polar surface area (TPSA) is 61.6 Å². The highest BCUT2D eigenvalue weighted by atomic mass is 35.5. The number of piperazine rings is 1. The van der Waals surface area contributed by atoms with E-state index < -0.39 is 5.54 Å². The second-order valence-corrected chi connectivity index (χ2v) is 6.78. The Morgan fingerprint density at radius 2 is 1.65 bits per heavy atom. The summed E-state index contributed by atoms with van der Waals surface area (Å²) in [6.45, 7) is 8.56. The molecule has 2 fully saturated rings. The van der Waals surface area contributed by atoms with Gasteiger partial charge >= 0.3 is 0 Å². The molecule has 5 nitrogen and oxygen atoms in total. The summed E-state index contributed by atoms with van der Waals surface area (Å²) in [5.41, 5.74) is 5.57. The molecule has 2 rings (SSSR count). The number of amides is 1. The lowest BCUT2D eigenvalue weighted by Gasteiger charge is -2.34. The minimum Gasteiger partial charge on any atom is -0.354 e. The van der Waals surface area contributed by atoms with Crippen LogP contribution in [0, 0.1) is 5.92 Å². The van der Waals surface area contributed by atoms with Gasteiger partial charge in [0.25, 0.3) is 0 Å². The third-order valence-corrected chi connectivity index (χ3v) is 4.72. The van der Waals surface area contributed by atoms with Crippen LogP contribution in [0.4, 0.5) is 0 Å². The summed E-state index contributed by atoms with van der Waals surface area (Å²) >= 11 is 0. The number of halogens is 3. The lowest BCUT2D eigenvalue weighted by Crippen LogP contribution is -2.53. The van der Waals surface area contributed by atoms with E-state index >= 15 is 0 Å². The maximum Gasteiger partial charge on any atom is 0.240 e. The van der Waals surface area contributed by atoms with Gasteiger partial charge in [-0.05, 0) is 25.8 Å². The van der Waals surface area contributed by atoms with Crippen molar-refractivity contribution in [3.63, 3.8) is 0 Å². The Balaban J connectivity index is 0. The van der Waals surface area contributed by atoms with E-state index in [2.05, 4.69) is 29.1 Å². The van der Waals surface area contributed by atoms with Crippen LogP contribution in [-0.2, 0) is 4.79 Å². The highest BCUT2D eigenvalue weighted by Gasteiger charge is 2.36. The minimum absolute atomic E-state index is 0. The van der Waals surface area contributed by atoms with Crippen molar-refractivity contribution in [3.8, 4) is 0 Å². The highest BCUT2D eigenvalue weighted by Crippen LogP contribution is 2.27. The lowest BCUT2D eigenvalue weighted by atomic mass is 9.98. The molecule has 23 heavy (non-hydrogen) atoms. The van der Waals surface area contributed by atoms with E-state index in [-0.39, 0.29) is 43.1 Å². The van der Waals surface area contributed by atoms with E-state index in [1.807, 2.05) is 0 Å². The van der Waals surface area contributed by atoms with Crippen LogP contribution in [0.2, 0.25) is 0 Å². The van der Waals surface area contributed by atoms with Gasteiger partial charge in [0, 0.05) is 39.3 Å². The number of nitrogens with one attached hydrogen (secondary N) is 1. The first-order valence-corrected chi connectivity index (χ1v) is 7.98. The Hall–Kier alpha value is 0.220. The Bertz CT molecular complexity index is 333. The van der Waals surface area contributed by atoms with Gasteiger partial charge in [0.1, 0.15) is 0 Å². The third-order valence-electron chi connectivity index (χ3n) is 4.72. The van der Waals surface area contributed by atoms with Crippen molar-refractivity contribution in [1.82, 2.24) is 15.1 Å². The molecule has 1 heterocycles. The Labute approximate surface area is 159 Å². The van der Waals surface area contributed by atoms with Crippen molar-refractivity contribution < 1.29 is 4.79 Å². The molecule has 1 saturated carbocycles. The molecular weight excluding hydrogens is 359 g/mol. The monoisotopic (exact) mass is 390 g/mol. The number of hydrogen-bond donors (Lipinski definition) is 2. The largest absolute Gasteiger partial charge is 0.354 e. The predicted octanol–water partition coefficient (Wildman–Crippen LogP) is 1.52. The smallest absolute Gasteiger partial charge is 0.240 e. The van der Waals surface area contributed by atoms with Gasteiger partial charge in [0.2, 0.25) is 5.91 Å². The second kappa shape index (κ2) is 11.7. The SMILES string of the molecule is CC(CNC(=O)C1(N)CCCC1)CN1CCN(C)CC1.Cl.Cl.Cl. The summed E-state index contributed by atoms with van der Waals surface area (Å²) in [6, 6.07) is 0. The third kappa shape index (κ3) is 7.76. The number of carbonyl (C=O) groups is 1. The number of nitrogens with zero attached hydrogens (tertiary/aromatic N) is 2. The lowest BCUT2D eigenvalue weighted by molar-refractivity contribution is -0.126. The zero-order valence-corrected chi connectivity index (χ0v) is 16.7. The Kier molecular flexibility index (Phi) is 13.0. The molecule has 2 aliphatic rings. The zero-order chi connectivity index (χ0) is 14.6. The number of nitrogens with two attached hydrogens (primary N) is 1. The van der Waals surface area contributed by atoms with Crippen molar-refractivity contribution in [2.24, 2.45) is 11.7 Å². The molecule has 0 radical (unpaired) electrons. The molecule has 0 spiro atoms. The Morgan fingerprint density at radius 3 is 2.17 bits per heavy atom. The first-order valence-electron chi connectivity index (χ1n) is 7.98. The first kappa shape index (κ1) is 25.5. The van der Waals surface area contributed by atoms with E-state index in [0.29, 0.717) is 5.92 Å². The van der Waals surface area contributed by atoms with Crippen LogP contribution in [0.25, 0.3) is 0 Å². The van der Waals surface area contributed by atoms with E-state index in [4.69, 9.17) is 5.73 Å². The zero-order valence-electron chi connectivity index (χ0n) is 14.3. The summed E-state index contributed by atoms with van der Waals surface area (Å²) < 4.78 is 0. The van der Waals surface area contributed by atoms with Crippen LogP contribution in [0.15, 0.2) is 0 Å². The molecule has 1 atom stereocenters. The molecule has 1 amide bonds. The fourth-order valence-electron chi connectivity index (χ4n) is 3.21. The summed E-state index contributed by atoms with van der Waals surface area (Å²) in [5.74, 6) is 0.535. The van der Waals surface area contributed by atoms with Gasteiger partial charge in [-0.1, -0.05) is 19.8 Å². The predicted molar refractivity (Wildman–Crippen MR) is 103 cm³/mol. The van der Waals surface area contributed by atoms with Crippen molar-refractivity contribution in [2.45, 2.75) is 38.1 Å². The molecule has 1 saturated heterocycles. The molecular formula is C15H33Cl3N4O. The summed E-state index contributed by atoms with van der Waals surface area (Å²) in [6.07, 6.45) is 3.85. The van der Waals surface area contributed by atoms with Crippen LogP contribution < -0.4 is 11.1 Å². The van der Waals surface area contributed by atoms with Crippen molar-refractivity contribution in [1.29, 1.82) is 0 Å². The van der Waals surface area contributed by atoms with Gasteiger partial charge in [0.15, 0.2) is 0 Å². The van der Waals surface area contributed by atoms with E-state index in [9.17, 15) is 4.79 Å². The van der Waals surface area contributed by atoms with Crippen molar-refractivity contribution >= 4 is 43.1 Å². The van der Waals surface area contributed by atoms with Gasteiger partial charge in [-0.2, -0.15) is 0 Å². The molecule has 1 unspecified atom stereocenters. The van der Waals surface area contributed by atoms with Crippen LogP contribution >= 0.6 is 37.2 Å². The summed E-state index contributed by atoms with van der Waals surface area (Å²) in [4.78, 5) is 17.0. The molecule has 8 heteroatoms. The summed E-state index contributed by atoms with van der Waals surface area (Å²) in [5, 5.41) is 3.06. The van der Waals surface area contributed by atoms with Crippen LogP contribution in [-0.4, -0.2) is 67.6 Å². The van der Waals surface area contributed by atoms with Crippen LogP contribution in [0.3, 0.4) is 0 Å². The fourth-order valence-corrected chi connectivity index (χ4v) is 3.21. The highest BCUT2D eigenvalue weighted by molar-refractivity contribution is 5.86. The quantitative estimate of drug-likeness (QED) is 0.746. The standard InChI is InChI=1S/C15H30N4O.3ClH/c1-13(12-19-9-7-18(2)8-10-19)11-17-14(20)15(16)5-3-4-6-15;;;/h13H,3-12,16H2,1-2H3,(H,17,20);3*1H. The number of hydrogen-bond acceptors (Lipinski definition) is 4. The van der Waals surface area contributed by atoms with Crippen molar-refractivity contribution in [3.05, 3.63) is 0 Å². The maximum atomic E-state index is 12.2. The summed E-state index contributed by atoms with van der Waals surface area (Å²) in [7, 11) is 2.17. The average molecular weight is 392 g/mol. The van der Waals surface area contributed by atoms with Crippen LogP contribution in [0.1, 0.15) is 32.6 Å². The molecule has 3 N–H and O–H groups in total. The van der Waals surface area contributed by atoms with E-state index in [1.165, 1.54) is 0 Å². The van der Waals surface area contributed by atoms with Gasteiger partial charge in [0.05, 0.1) is 5.54 Å². The molecule has 0 aromatic heterocycles. The molecule has 1 aliphatic carbocycles. The van der Waals surface area contributed by atoms with E-state index in [0.717, 1.165) is 65.0 Å². The molecule has 140 valence electrons. The number of rotatable bonds is 5. The average Bonchev–Trinajstić information content (AvgIpc) is 2.87. The molecule has 1 aliphatic heterocycles. The van der Waals surface area contributed by atoms with Gasteiger partial charge < -0.3 is 20.9 Å². The maximum absolute atomic E-state index is 12.2. The number of carbonyl (C=O) groups excluding carboxylic acids is 1. The van der Waals surface area contributed by atoms with E-state index in [1.54, 1.807) is 0 Å². The second-order valence-electron chi connectivity index (χ2n) is 6.78. The van der Waals surface area contributed by atoms with Crippen LogP contribution in [0.5, 0.6) is 0 Å². The number of likely N-dealkylation sites (N-methyl/N-ethyl adjacent to an activating group) is 1. The molecule has 0 aromatic carbocycles. The Morgan fingerprint density at radius 1 is 1.13 bits per heavy atom. The van der Waals surface area contributed by atoms with Gasteiger partial charge in [-0.3, -0.25) is 4.79 Å². The van der Waals surface area contributed by atoms with Gasteiger partial charge in [-0.15, -0.1) is 37.2 Å².